The second-order valence-electron chi connectivity index (χ2n) is 4.10. The van der Waals surface area contributed by atoms with Gasteiger partial charge < -0.3 is 5.32 Å². The predicted octanol–water partition coefficient (Wildman–Crippen LogP) is 2.97. The van der Waals surface area contributed by atoms with Gasteiger partial charge in [0, 0.05) is 16.0 Å². The van der Waals surface area contributed by atoms with Gasteiger partial charge in [0.15, 0.2) is 5.82 Å². The Balaban J connectivity index is 2.07. The summed E-state index contributed by atoms with van der Waals surface area (Å²) < 4.78 is 26.2. The Morgan fingerprint density at radius 3 is 2.79 bits per heavy atom. The molecule has 0 aliphatic carbocycles. The summed E-state index contributed by atoms with van der Waals surface area (Å²) >= 11 is 1.56. The molecule has 0 fully saturated rings. The number of rotatable bonds is 3. The summed E-state index contributed by atoms with van der Waals surface area (Å²) in [5.41, 5.74) is 0.813. The van der Waals surface area contributed by atoms with Gasteiger partial charge in [-0.25, -0.2) is 9.37 Å². The molecule has 0 aliphatic heterocycles. The summed E-state index contributed by atoms with van der Waals surface area (Å²) in [4.78, 5) is 17.0. The molecular formula is C13H12F2N2OS. The highest BCUT2D eigenvalue weighted by atomic mass is 32.1. The van der Waals surface area contributed by atoms with Crippen molar-refractivity contribution in [2.45, 2.75) is 20.4 Å². The van der Waals surface area contributed by atoms with Gasteiger partial charge in [0.1, 0.15) is 0 Å². The molecule has 19 heavy (non-hydrogen) atoms. The van der Waals surface area contributed by atoms with Gasteiger partial charge in [-0.15, -0.1) is 11.3 Å². The minimum absolute atomic E-state index is 0.293. The van der Waals surface area contributed by atoms with Crippen LogP contribution in [0.25, 0.3) is 0 Å². The van der Waals surface area contributed by atoms with Crippen LogP contribution in [0.2, 0.25) is 0 Å². The van der Waals surface area contributed by atoms with Gasteiger partial charge in [-0.05, 0) is 31.5 Å². The fourth-order valence-corrected chi connectivity index (χ4v) is 2.59. The van der Waals surface area contributed by atoms with E-state index in [1.807, 2.05) is 19.9 Å². The molecule has 6 heteroatoms. The van der Waals surface area contributed by atoms with Crippen LogP contribution in [0, 0.1) is 25.6 Å². The zero-order chi connectivity index (χ0) is 14.0. The van der Waals surface area contributed by atoms with Crippen molar-refractivity contribution in [3.05, 3.63) is 51.0 Å². The summed E-state index contributed by atoms with van der Waals surface area (Å²) in [7, 11) is 0. The normalized spacial score (nSPS) is 10.5. The largest absolute Gasteiger partial charge is 0.347 e. The highest BCUT2D eigenvalue weighted by Gasteiger charge is 2.16. The van der Waals surface area contributed by atoms with Crippen molar-refractivity contribution in [2.24, 2.45) is 0 Å². The molecule has 0 spiro atoms. The maximum atomic E-state index is 13.4. The summed E-state index contributed by atoms with van der Waals surface area (Å²) in [6.45, 7) is 4.26. The van der Waals surface area contributed by atoms with Gasteiger partial charge in [-0.1, -0.05) is 0 Å². The molecule has 0 aromatic carbocycles. The lowest BCUT2D eigenvalue weighted by atomic mass is 10.2. The zero-order valence-electron chi connectivity index (χ0n) is 10.5. The Bertz CT molecular complexity index is 606. The van der Waals surface area contributed by atoms with E-state index in [0.717, 1.165) is 22.7 Å². The Kier molecular flexibility index (Phi) is 3.90. The van der Waals surface area contributed by atoms with Crippen molar-refractivity contribution in [2.75, 3.05) is 0 Å². The number of hydrogen-bond acceptors (Lipinski definition) is 3. The lowest BCUT2D eigenvalue weighted by Crippen LogP contribution is -2.24. The molecule has 1 N–H and O–H groups in total. The van der Waals surface area contributed by atoms with E-state index in [1.54, 1.807) is 11.3 Å². The number of nitrogens with zero attached hydrogens (tertiary/aromatic N) is 1. The van der Waals surface area contributed by atoms with Gasteiger partial charge in [0.2, 0.25) is 5.95 Å². The molecule has 0 unspecified atom stereocenters. The van der Waals surface area contributed by atoms with E-state index in [0.29, 0.717) is 6.54 Å². The SMILES string of the molecule is Cc1cc(CNC(=O)c2ccnc(F)c2F)sc1C. The Morgan fingerprint density at radius 1 is 1.42 bits per heavy atom. The molecule has 0 atom stereocenters. The van der Waals surface area contributed by atoms with Crippen molar-refractivity contribution < 1.29 is 13.6 Å². The van der Waals surface area contributed by atoms with Crippen molar-refractivity contribution in [3.63, 3.8) is 0 Å². The van der Waals surface area contributed by atoms with E-state index in [-0.39, 0.29) is 5.56 Å². The standard InChI is InChI=1S/C13H12F2N2OS/c1-7-5-9(19-8(7)2)6-17-13(18)10-3-4-16-12(15)11(10)14/h3-5H,6H2,1-2H3,(H,17,18). The number of nitrogens with one attached hydrogen (secondary N) is 1. The minimum Gasteiger partial charge on any atom is -0.347 e. The van der Waals surface area contributed by atoms with E-state index in [2.05, 4.69) is 10.3 Å². The van der Waals surface area contributed by atoms with Gasteiger partial charge in [0.05, 0.1) is 12.1 Å². The number of aromatic nitrogens is 1. The molecule has 0 saturated heterocycles. The lowest BCUT2D eigenvalue weighted by molar-refractivity contribution is 0.0946. The molecule has 2 aromatic rings. The first kappa shape index (κ1) is 13.6. The van der Waals surface area contributed by atoms with Crippen LogP contribution in [-0.4, -0.2) is 10.9 Å². The number of aryl methyl sites for hydroxylation is 2. The van der Waals surface area contributed by atoms with Crippen LogP contribution in [-0.2, 0) is 6.54 Å². The van der Waals surface area contributed by atoms with Crippen LogP contribution in [0.4, 0.5) is 8.78 Å². The van der Waals surface area contributed by atoms with Crippen molar-refractivity contribution in [3.8, 4) is 0 Å². The van der Waals surface area contributed by atoms with Crippen molar-refractivity contribution in [1.29, 1.82) is 0 Å². The number of hydrogen-bond donors (Lipinski definition) is 1. The zero-order valence-corrected chi connectivity index (χ0v) is 11.3. The molecule has 100 valence electrons. The van der Waals surface area contributed by atoms with Crippen LogP contribution in [0.1, 0.15) is 25.7 Å². The summed E-state index contributed by atoms with van der Waals surface area (Å²) in [5, 5.41) is 2.56. The van der Waals surface area contributed by atoms with E-state index in [9.17, 15) is 13.6 Å². The number of thiophene rings is 1. The fraction of sp³-hybridized carbons (Fsp3) is 0.231. The molecule has 0 bridgehead atoms. The second-order valence-corrected chi connectivity index (χ2v) is 5.44. The predicted molar refractivity (Wildman–Crippen MR) is 69.1 cm³/mol. The summed E-state index contributed by atoms with van der Waals surface area (Å²) in [5.74, 6) is -3.14. The van der Waals surface area contributed by atoms with Gasteiger partial charge in [-0.3, -0.25) is 4.79 Å². The first-order valence-electron chi connectivity index (χ1n) is 5.63. The van der Waals surface area contributed by atoms with Gasteiger partial charge in [0.25, 0.3) is 5.91 Å². The van der Waals surface area contributed by atoms with Crippen LogP contribution < -0.4 is 5.32 Å². The maximum absolute atomic E-state index is 13.4. The maximum Gasteiger partial charge on any atom is 0.254 e. The average Bonchev–Trinajstić information content (AvgIpc) is 2.69. The fourth-order valence-electron chi connectivity index (χ4n) is 1.59. The van der Waals surface area contributed by atoms with E-state index in [4.69, 9.17) is 0 Å². The Hall–Kier alpha value is -1.82. The highest BCUT2D eigenvalue weighted by Crippen LogP contribution is 2.20. The molecular weight excluding hydrogens is 270 g/mol. The Morgan fingerprint density at radius 2 is 2.16 bits per heavy atom. The van der Waals surface area contributed by atoms with Crippen molar-refractivity contribution >= 4 is 17.2 Å². The first-order valence-corrected chi connectivity index (χ1v) is 6.45. The number of halogens is 2. The third kappa shape index (κ3) is 2.96. The van der Waals surface area contributed by atoms with E-state index >= 15 is 0 Å². The smallest absolute Gasteiger partial charge is 0.254 e. The van der Waals surface area contributed by atoms with Crippen LogP contribution in [0.15, 0.2) is 18.3 Å². The number of pyridine rings is 1. The number of carbonyl (C=O) groups is 1. The number of amides is 1. The third-order valence-corrected chi connectivity index (χ3v) is 3.88. The van der Waals surface area contributed by atoms with Gasteiger partial charge >= 0.3 is 0 Å². The van der Waals surface area contributed by atoms with E-state index < -0.39 is 17.7 Å². The Labute approximate surface area is 113 Å². The van der Waals surface area contributed by atoms with Gasteiger partial charge in [-0.2, -0.15) is 4.39 Å². The topological polar surface area (TPSA) is 42.0 Å². The average molecular weight is 282 g/mol. The second kappa shape index (κ2) is 5.44. The monoisotopic (exact) mass is 282 g/mol. The lowest BCUT2D eigenvalue weighted by Gasteiger charge is -2.04. The molecule has 2 heterocycles. The molecule has 0 aliphatic rings. The minimum atomic E-state index is -1.27. The number of carbonyl (C=O) groups excluding carboxylic acids is 1. The van der Waals surface area contributed by atoms with Crippen LogP contribution >= 0.6 is 11.3 Å². The highest BCUT2D eigenvalue weighted by molar-refractivity contribution is 7.12. The van der Waals surface area contributed by atoms with E-state index in [1.165, 1.54) is 4.88 Å². The molecule has 0 radical (unpaired) electrons. The first-order chi connectivity index (χ1) is 8.99. The van der Waals surface area contributed by atoms with Crippen LogP contribution in [0.5, 0.6) is 0 Å². The molecule has 2 rings (SSSR count). The van der Waals surface area contributed by atoms with Crippen LogP contribution in [0.3, 0.4) is 0 Å². The molecule has 0 saturated carbocycles. The molecule has 3 nitrogen and oxygen atoms in total. The summed E-state index contributed by atoms with van der Waals surface area (Å²) in [6, 6.07) is 3.11. The summed E-state index contributed by atoms with van der Waals surface area (Å²) in [6.07, 6.45) is 1.06. The third-order valence-electron chi connectivity index (χ3n) is 2.73. The van der Waals surface area contributed by atoms with Crippen molar-refractivity contribution in [1.82, 2.24) is 10.3 Å². The quantitative estimate of drug-likeness (QED) is 0.879. The molecule has 2 aromatic heterocycles. The molecule has 1 amide bonds.